The van der Waals surface area contributed by atoms with Gasteiger partial charge >= 0.3 is 6.18 Å². The molecule has 1 aromatic heterocycles. The lowest BCUT2D eigenvalue weighted by molar-refractivity contribution is -0.142. The highest BCUT2D eigenvalue weighted by Crippen LogP contribution is 2.32. The van der Waals surface area contributed by atoms with Crippen LogP contribution in [0.3, 0.4) is 0 Å². The molecule has 0 saturated heterocycles. The van der Waals surface area contributed by atoms with Crippen LogP contribution < -0.4 is 5.32 Å². The minimum atomic E-state index is -4.44. The summed E-state index contributed by atoms with van der Waals surface area (Å²) >= 11 is 0. The first-order chi connectivity index (χ1) is 9.02. The van der Waals surface area contributed by atoms with Gasteiger partial charge in [-0.3, -0.25) is 0 Å². The third-order valence-corrected chi connectivity index (χ3v) is 2.92. The van der Waals surface area contributed by atoms with E-state index in [0.29, 0.717) is 38.3 Å². The monoisotopic (exact) mass is 275 g/mol. The predicted molar refractivity (Wildman–Crippen MR) is 62.6 cm³/mol. The molecule has 0 aromatic carbocycles. The van der Waals surface area contributed by atoms with Gasteiger partial charge in [0, 0.05) is 38.1 Å². The minimum Gasteiger partial charge on any atom is -0.381 e. The summed E-state index contributed by atoms with van der Waals surface area (Å²) in [7, 11) is 0. The Kier molecular flexibility index (Phi) is 4.36. The lowest BCUT2D eigenvalue weighted by atomic mass is 10.0. The molecular formula is C12H16F3N3O. The zero-order chi connectivity index (χ0) is 13.9. The molecule has 4 nitrogen and oxygen atoms in total. The normalized spacial score (nSPS) is 15.4. The number of fused-ring (bicyclic) bond motifs is 1. The SMILES string of the molecule is CCOCCc1nc2c(c(C(F)(F)F)n1)CNCC2. The fourth-order valence-electron chi connectivity index (χ4n) is 2.05. The fourth-order valence-corrected chi connectivity index (χ4v) is 2.05. The van der Waals surface area contributed by atoms with Crippen molar-refractivity contribution in [1.82, 2.24) is 15.3 Å². The predicted octanol–water partition coefficient (Wildman–Crippen LogP) is 1.72. The molecule has 0 radical (unpaired) electrons. The van der Waals surface area contributed by atoms with Crippen LogP contribution in [-0.2, 0) is 30.3 Å². The molecule has 1 aromatic rings. The summed E-state index contributed by atoms with van der Waals surface area (Å²) in [6, 6.07) is 0. The topological polar surface area (TPSA) is 47.0 Å². The Balaban J connectivity index is 2.31. The van der Waals surface area contributed by atoms with Crippen LogP contribution in [0.25, 0.3) is 0 Å². The van der Waals surface area contributed by atoms with E-state index in [-0.39, 0.29) is 17.9 Å². The molecule has 1 aliphatic rings. The number of nitrogens with zero attached hydrogens (tertiary/aromatic N) is 2. The smallest absolute Gasteiger partial charge is 0.381 e. The summed E-state index contributed by atoms with van der Waals surface area (Å²) in [5.74, 6) is 0.210. The number of hydrogen-bond donors (Lipinski definition) is 1. The molecule has 0 aliphatic carbocycles. The minimum absolute atomic E-state index is 0.177. The largest absolute Gasteiger partial charge is 0.433 e. The first-order valence-electron chi connectivity index (χ1n) is 6.26. The highest BCUT2D eigenvalue weighted by atomic mass is 19.4. The van der Waals surface area contributed by atoms with E-state index in [1.807, 2.05) is 6.92 Å². The summed E-state index contributed by atoms with van der Waals surface area (Å²) in [5.41, 5.74) is -0.123. The molecule has 0 fully saturated rings. The van der Waals surface area contributed by atoms with E-state index in [0.717, 1.165) is 0 Å². The third-order valence-electron chi connectivity index (χ3n) is 2.92. The Morgan fingerprint density at radius 1 is 1.32 bits per heavy atom. The highest BCUT2D eigenvalue weighted by Gasteiger charge is 2.37. The van der Waals surface area contributed by atoms with E-state index in [4.69, 9.17) is 4.74 Å². The van der Waals surface area contributed by atoms with Gasteiger partial charge in [0.2, 0.25) is 0 Å². The zero-order valence-corrected chi connectivity index (χ0v) is 10.7. The van der Waals surface area contributed by atoms with Gasteiger partial charge in [0.1, 0.15) is 5.82 Å². The maximum Gasteiger partial charge on any atom is 0.433 e. The van der Waals surface area contributed by atoms with Crippen molar-refractivity contribution >= 4 is 0 Å². The van der Waals surface area contributed by atoms with E-state index < -0.39 is 11.9 Å². The summed E-state index contributed by atoms with van der Waals surface area (Å²) in [4.78, 5) is 7.90. The second-order valence-electron chi connectivity index (χ2n) is 4.29. The highest BCUT2D eigenvalue weighted by molar-refractivity contribution is 5.30. The molecule has 106 valence electrons. The van der Waals surface area contributed by atoms with E-state index in [1.54, 1.807) is 0 Å². The molecule has 19 heavy (non-hydrogen) atoms. The molecular weight excluding hydrogens is 259 g/mol. The van der Waals surface area contributed by atoms with Gasteiger partial charge in [-0.1, -0.05) is 0 Å². The molecule has 2 heterocycles. The van der Waals surface area contributed by atoms with Gasteiger partial charge in [-0.2, -0.15) is 13.2 Å². The number of aromatic nitrogens is 2. The molecule has 0 spiro atoms. The third kappa shape index (κ3) is 3.42. The number of rotatable bonds is 4. The molecule has 0 amide bonds. The molecule has 0 unspecified atom stereocenters. The van der Waals surface area contributed by atoms with E-state index in [9.17, 15) is 13.2 Å². The summed E-state index contributed by atoms with van der Waals surface area (Å²) in [5, 5.41) is 2.92. The number of ether oxygens (including phenoxy) is 1. The molecule has 2 rings (SSSR count). The van der Waals surface area contributed by atoms with Crippen LogP contribution >= 0.6 is 0 Å². The van der Waals surface area contributed by atoms with Gasteiger partial charge in [-0.15, -0.1) is 0 Å². The Hall–Kier alpha value is -1.21. The number of hydrogen-bond acceptors (Lipinski definition) is 4. The molecule has 0 bridgehead atoms. The standard InChI is InChI=1S/C12H16F3N3O/c1-2-19-6-4-10-17-9-3-5-16-7-8(9)11(18-10)12(13,14)15/h16H,2-7H2,1H3. The zero-order valence-electron chi connectivity index (χ0n) is 10.7. The van der Waals surface area contributed by atoms with Crippen LogP contribution in [0.1, 0.15) is 29.7 Å². The van der Waals surface area contributed by atoms with Crippen molar-refractivity contribution < 1.29 is 17.9 Å². The van der Waals surface area contributed by atoms with Crippen LogP contribution in [0.5, 0.6) is 0 Å². The molecule has 7 heteroatoms. The Labute approximate surface area is 109 Å². The molecule has 1 aliphatic heterocycles. The van der Waals surface area contributed by atoms with Gasteiger partial charge in [0.25, 0.3) is 0 Å². The van der Waals surface area contributed by atoms with Crippen molar-refractivity contribution in [1.29, 1.82) is 0 Å². The lowest BCUT2D eigenvalue weighted by Crippen LogP contribution is -2.29. The van der Waals surface area contributed by atoms with E-state index in [2.05, 4.69) is 15.3 Å². The number of halogens is 3. The number of nitrogens with one attached hydrogen (secondary N) is 1. The Morgan fingerprint density at radius 2 is 2.11 bits per heavy atom. The van der Waals surface area contributed by atoms with Crippen LogP contribution in [0.4, 0.5) is 13.2 Å². The van der Waals surface area contributed by atoms with Crippen LogP contribution in [0, 0.1) is 0 Å². The Bertz CT molecular complexity index is 449. The second kappa shape index (κ2) is 5.83. The van der Waals surface area contributed by atoms with Crippen molar-refractivity contribution in [2.75, 3.05) is 19.8 Å². The number of alkyl halides is 3. The van der Waals surface area contributed by atoms with Crippen molar-refractivity contribution in [3.8, 4) is 0 Å². The van der Waals surface area contributed by atoms with Gasteiger partial charge in [0.15, 0.2) is 5.69 Å². The average molecular weight is 275 g/mol. The van der Waals surface area contributed by atoms with Gasteiger partial charge in [-0.25, -0.2) is 9.97 Å². The molecule has 0 atom stereocenters. The fraction of sp³-hybridized carbons (Fsp3) is 0.667. The van der Waals surface area contributed by atoms with Crippen molar-refractivity contribution in [3.63, 3.8) is 0 Å². The van der Waals surface area contributed by atoms with Gasteiger partial charge < -0.3 is 10.1 Å². The first kappa shape index (κ1) is 14.2. The summed E-state index contributed by atoms with van der Waals surface area (Å²) in [6.45, 7) is 3.52. The quantitative estimate of drug-likeness (QED) is 0.850. The first-order valence-corrected chi connectivity index (χ1v) is 6.26. The van der Waals surface area contributed by atoms with Gasteiger partial charge in [0.05, 0.1) is 12.3 Å². The molecule has 1 N–H and O–H groups in total. The van der Waals surface area contributed by atoms with Crippen LogP contribution in [0.2, 0.25) is 0 Å². The second-order valence-corrected chi connectivity index (χ2v) is 4.29. The lowest BCUT2D eigenvalue weighted by Gasteiger charge is -2.21. The maximum absolute atomic E-state index is 13.0. The van der Waals surface area contributed by atoms with Crippen molar-refractivity contribution in [3.05, 3.63) is 22.8 Å². The Morgan fingerprint density at radius 3 is 2.79 bits per heavy atom. The maximum atomic E-state index is 13.0. The van der Waals surface area contributed by atoms with Crippen molar-refractivity contribution in [2.45, 2.75) is 32.5 Å². The summed E-state index contributed by atoms with van der Waals surface area (Å²) < 4.78 is 44.1. The van der Waals surface area contributed by atoms with Crippen LogP contribution in [-0.4, -0.2) is 29.7 Å². The average Bonchev–Trinajstić information content (AvgIpc) is 2.37. The summed E-state index contributed by atoms with van der Waals surface area (Å²) in [6.07, 6.45) is -3.63. The van der Waals surface area contributed by atoms with E-state index >= 15 is 0 Å². The van der Waals surface area contributed by atoms with Gasteiger partial charge in [-0.05, 0) is 6.92 Å². The van der Waals surface area contributed by atoms with E-state index in [1.165, 1.54) is 0 Å². The van der Waals surface area contributed by atoms with Crippen LogP contribution in [0.15, 0.2) is 0 Å². The molecule has 0 saturated carbocycles. The van der Waals surface area contributed by atoms with Crippen molar-refractivity contribution in [2.24, 2.45) is 0 Å².